The standard InChI is InChI=1S/C14H22N2OS/c1-3-17-14-5-4-13(15)8-12(14)10-16-6-7-18-11(2)9-16/h4-5,8,11H,3,6-7,9-10,15H2,1-2H3. The molecular weight excluding hydrogens is 244 g/mol. The molecule has 1 heterocycles. The number of nitrogens with zero attached hydrogens (tertiary/aromatic N) is 1. The molecule has 1 aromatic rings. The average Bonchev–Trinajstić information content (AvgIpc) is 2.33. The highest BCUT2D eigenvalue weighted by Gasteiger charge is 2.18. The van der Waals surface area contributed by atoms with Gasteiger partial charge < -0.3 is 10.5 Å². The van der Waals surface area contributed by atoms with Gasteiger partial charge in [0.2, 0.25) is 0 Å². The van der Waals surface area contributed by atoms with Gasteiger partial charge in [-0.25, -0.2) is 0 Å². The van der Waals surface area contributed by atoms with Crippen molar-refractivity contribution >= 4 is 17.4 Å². The van der Waals surface area contributed by atoms with E-state index in [0.717, 1.165) is 36.3 Å². The molecule has 3 nitrogen and oxygen atoms in total. The Kier molecular flexibility index (Phi) is 4.78. The van der Waals surface area contributed by atoms with E-state index in [1.54, 1.807) is 0 Å². The lowest BCUT2D eigenvalue weighted by atomic mass is 10.1. The van der Waals surface area contributed by atoms with E-state index in [1.165, 1.54) is 11.3 Å². The molecule has 2 rings (SSSR count). The number of hydrogen-bond acceptors (Lipinski definition) is 4. The summed E-state index contributed by atoms with van der Waals surface area (Å²) in [6.45, 7) is 8.23. The summed E-state index contributed by atoms with van der Waals surface area (Å²) < 4.78 is 5.67. The summed E-state index contributed by atoms with van der Waals surface area (Å²) >= 11 is 2.05. The summed E-state index contributed by atoms with van der Waals surface area (Å²) in [6, 6.07) is 5.93. The van der Waals surface area contributed by atoms with Crippen molar-refractivity contribution in [1.82, 2.24) is 4.90 Å². The maximum absolute atomic E-state index is 5.88. The first-order chi connectivity index (χ1) is 8.69. The van der Waals surface area contributed by atoms with Crippen molar-refractivity contribution in [2.24, 2.45) is 0 Å². The summed E-state index contributed by atoms with van der Waals surface area (Å²) in [6.07, 6.45) is 0. The van der Waals surface area contributed by atoms with Crippen molar-refractivity contribution in [3.63, 3.8) is 0 Å². The number of benzene rings is 1. The van der Waals surface area contributed by atoms with Gasteiger partial charge in [-0.2, -0.15) is 11.8 Å². The zero-order valence-electron chi connectivity index (χ0n) is 11.2. The monoisotopic (exact) mass is 266 g/mol. The van der Waals surface area contributed by atoms with Crippen LogP contribution in [0.3, 0.4) is 0 Å². The third-order valence-corrected chi connectivity index (χ3v) is 4.24. The fourth-order valence-corrected chi connectivity index (χ4v) is 3.38. The highest BCUT2D eigenvalue weighted by molar-refractivity contribution is 7.99. The molecule has 1 aliphatic rings. The number of nitrogen functional groups attached to an aromatic ring is 1. The van der Waals surface area contributed by atoms with Crippen LogP contribution < -0.4 is 10.5 Å². The topological polar surface area (TPSA) is 38.5 Å². The van der Waals surface area contributed by atoms with Crippen molar-refractivity contribution in [1.29, 1.82) is 0 Å². The molecule has 1 saturated heterocycles. The Labute approximate surface area is 114 Å². The number of thioether (sulfide) groups is 1. The van der Waals surface area contributed by atoms with Gasteiger partial charge in [-0.05, 0) is 25.1 Å². The van der Waals surface area contributed by atoms with Gasteiger partial charge in [-0.1, -0.05) is 6.92 Å². The number of hydrogen-bond donors (Lipinski definition) is 1. The lowest BCUT2D eigenvalue weighted by Gasteiger charge is -2.31. The predicted octanol–water partition coefficient (Wildman–Crippen LogP) is 2.60. The fraction of sp³-hybridized carbons (Fsp3) is 0.571. The van der Waals surface area contributed by atoms with Crippen molar-refractivity contribution < 1.29 is 4.74 Å². The minimum Gasteiger partial charge on any atom is -0.494 e. The molecule has 1 aromatic carbocycles. The van der Waals surface area contributed by atoms with E-state index in [1.807, 2.05) is 25.1 Å². The number of anilines is 1. The highest BCUT2D eigenvalue weighted by atomic mass is 32.2. The number of ether oxygens (including phenoxy) is 1. The van der Waals surface area contributed by atoms with E-state index in [2.05, 4.69) is 23.6 Å². The van der Waals surface area contributed by atoms with Crippen LogP contribution in [0.5, 0.6) is 5.75 Å². The molecule has 0 saturated carbocycles. The van der Waals surface area contributed by atoms with Gasteiger partial charge in [0.15, 0.2) is 0 Å². The summed E-state index contributed by atoms with van der Waals surface area (Å²) in [5.74, 6) is 2.19. The maximum atomic E-state index is 5.88. The van der Waals surface area contributed by atoms with Crippen molar-refractivity contribution in [3.05, 3.63) is 23.8 Å². The molecule has 0 amide bonds. The normalized spacial score (nSPS) is 20.9. The Morgan fingerprint density at radius 2 is 2.33 bits per heavy atom. The van der Waals surface area contributed by atoms with E-state index in [4.69, 9.17) is 10.5 Å². The first kappa shape index (κ1) is 13.6. The largest absolute Gasteiger partial charge is 0.494 e. The lowest BCUT2D eigenvalue weighted by molar-refractivity contribution is 0.268. The predicted molar refractivity (Wildman–Crippen MR) is 79.2 cm³/mol. The molecule has 0 radical (unpaired) electrons. The van der Waals surface area contributed by atoms with Crippen LogP contribution in [0.1, 0.15) is 19.4 Å². The van der Waals surface area contributed by atoms with Gasteiger partial charge >= 0.3 is 0 Å². The van der Waals surface area contributed by atoms with Crippen LogP contribution in [0, 0.1) is 0 Å². The second-order valence-electron chi connectivity index (χ2n) is 4.72. The van der Waals surface area contributed by atoms with Crippen molar-refractivity contribution in [2.75, 3.05) is 31.2 Å². The van der Waals surface area contributed by atoms with Crippen LogP contribution in [-0.2, 0) is 6.54 Å². The van der Waals surface area contributed by atoms with Gasteiger partial charge in [0.25, 0.3) is 0 Å². The highest BCUT2D eigenvalue weighted by Crippen LogP contribution is 2.25. The molecule has 18 heavy (non-hydrogen) atoms. The molecule has 0 spiro atoms. The second kappa shape index (κ2) is 6.34. The minimum absolute atomic E-state index is 0.698. The molecule has 2 N–H and O–H groups in total. The summed E-state index contributed by atoms with van der Waals surface area (Å²) in [5.41, 5.74) is 7.90. The molecule has 0 aromatic heterocycles. The fourth-order valence-electron chi connectivity index (χ4n) is 2.29. The van der Waals surface area contributed by atoms with Crippen molar-refractivity contribution in [2.45, 2.75) is 25.6 Å². The quantitative estimate of drug-likeness (QED) is 0.850. The Morgan fingerprint density at radius 3 is 3.06 bits per heavy atom. The van der Waals surface area contributed by atoms with Crippen LogP contribution in [0.15, 0.2) is 18.2 Å². The van der Waals surface area contributed by atoms with Crippen LogP contribution in [0.4, 0.5) is 5.69 Å². The van der Waals surface area contributed by atoms with Gasteiger partial charge in [0, 0.05) is 41.9 Å². The summed E-state index contributed by atoms with van der Waals surface area (Å²) in [7, 11) is 0. The van der Waals surface area contributed by atoms with E-state index < -0.39 is 0 Å². The minimum atomic E-state index is 0.698. The molecule has 1 atom stereocenters. The van der Waals surface area contributed by atoms with Crippen LogP contribution in [0.2, 0.25) is 0 Å². The third kappa shape index (κ3) is 3.56. The zero-order chi connectivity index (χ0) is 13.0. The SMILES string of the molecule is CCOc1ccc(N)cc1CN1CCSC(C)C1. The Morgan fingerprint density at radius 1 is 1.50 bits per heavy atom. The van der Waals surface area contributed by atoms with Crippen molar-refractivity contribution in [3.8, 4) is 5.75 Å². The Hall–Kier alpha value is -0.870. The summed E-state index contributed by atoms with van der Waals surface area (Å²) in [5, 5.41) is 0.718. The molecule has 1 aliphatic heterocycles. The second-order valence-corrected chi connectivity index (χ2v) is 6.26. The third-order valence-electron chi connectivity index (χ3n) is 3.10. The molecule has 0 aliphatic carbocycles. The van der Waals surface area contributed by atoms with E-state index in [0.29, 0.717) is 6.61 Å². The molecule has 0 bridgehead atoms. The van der Waals surface area contributed by atoms with Gasteiger partial charge in [0.1, 0.15) is 5.75 Å². The smallest absolute Gasteiger partial charge is 0.123 e. The summed E-state index contributed by atoms with van der Waals surface area (Å²) in [4.78, 5) is 2.48. The first-order valence-electron chi connectivity index (χ1n) is 6.54. The Bertz CT molecular complexity index is 397. The molecule has 1 unspecified atom stereocenters. The number of nitrogens with two attached hydrogens (primary N) is 1. The van der Waals surface area contributed by atoms with Crippen LogP contribution in [-0.4, -0.2) is 35.6 Å². The first-order valence-corrected chi connectivity index (χ1v) is 7.59. The van der Waals surface area contributed by atoms with E-state index in [-0.39, 0.29) is 0 Å². The maximum Gasteiger partial charge on any atom is 0.123 e. The van der Waals surface area contributed by atoms with Crippen LogP contribution in [0.25, 0.3) is 0 Å². The molecule has 4 heteroatoms. The molecular formula is C14H22N2OS. The molecule has 100 valence electrons. The number of rotatable bonds is 4. The van der Waals surface area contributed by atoms with Gasteiger partial charge in [-0.3, -0.25) is 4.90 Å². The van der Waals surface area contributed by atoms with Crippen LogP contribution >= 0.6 is 11.8 Å². The Balaban J connectivity index is 2.08. The van der Waals surface area contributed by atoms with E-state index in [9.17, 15) is 0 Å². The van der Waals surface area contributed by atoms with Gasteiger partial charge in [-0.15, -0.1) is 0 Å². The average molecular weight is 266 g/mol. The lowest BCUT2D eigenvalue weighted by Crippen LogP contribution is -2.36. The van der Waals surface area contributed by atoms with E-state index >= 15 is 0 Å². The zero-order valence-corrected chi connectivity index (χ0v) is 12.0. The molecule has 1 fully saturated rings. The van der Waals surface area contributed by atoms with Gasteiger partial charge in [0.05, 0.1) is 6.61 Å².